The summed E-state index contributed by atoms with van der Waals surface area (Å²) in [6.45, 7) is 1.67. The summed E-state index contributed by atoms with van der Waals surface area (Å²) in [5.74, 6) is -0.610. The first-order chi connectivity index (χ1) is 14.4. The van der Waals surface area contributed by atoms with Gasteiger partial charge in [0.15, 0.2) is 18.1 Å². The minimum absolute atomic E-state index is 0.260. The summed E-state index contributed by atoms with van der Waals surface area (Å²) in [5, 5.41) is 2.26. The number of likely N-dealkylation sites (N-methyl/N-ethyl adjacent to an activating group) is 1. The summed E-state index contributed by atoms with van der Waals surface area (Å²) in [4.78, 5) is 37.9. The van der Waals surface area contributed by atoms with Gasteiger partial charge in [0.2, 0.25) is 0 Å². The topological polar surface area (TPSA) is 84.9 Å². The second kappa shape index (κ2) is 9.45. The van der Waals surface area contributed by atoms with Gasteiger partial charge in [0.25, 0.3) is 17.1 Å². The zero-order chi connectivity index (χ0) is 21.7. The van der Waals surface area contributed by atoms with Crippen LogP contribution in [0.5, 0.6) is 11.5 Å². The van der Waals surface area contributed by atoms with E-state index >= 15 is 0 Å². The van der Waals surface area contributed by atoms with Crippen LogP contribution >= 0.6 is 11.8 Å². The number of thioether (sulfide) groups is 1. The van der Waals surface area contributed by atoms with E-state index < -0.39 is 11.7 Å². The number of hydrogen-bond acceptors (Lipinski definition) is 6. The molecule has 3 amide bonds. The van der Waals surface area contributed by atoms with Crippen molar-refractivity contribution in [2.75, 3.05) is 25.6 Å². The van der Waals surface area contributed by atoms with Gasteiger partial charge in [-0.05, 0) is 55.1 Å². The number of hydrogen-bond donors (Lipinski definition) is 1. The van der Waals surface area contributed by atoms with Crippen LogP contribution in [0.4, 0.5) is 14.9 Å². The van der Waals surface area contributed by atoms with Gasteiger partial charge in [0, 0.05) is 17.8 Å². The van der Waals surface area contributed by atoms with E-state index in [1.165, 1.54) is 37.5 Å². The Bertz CT molecular complexity index is 1010. The molecule has 0 unspecified atom stereocenters. The molecule has 0 bridgehead atoms. The Morgan fingerprint density at radius 3 is 2.57 bits per heavy atom. The Hall–Kier alpha value is -3.33. The quantitative estimate of drug-likeness (QED) is 0.671. The molecular weight excluding hydrogens is 411 g/mol. The fourth-order valence-electron chi connectivity index (χ4n) is 2.74. The van der Waals surface area contributed by atoms with Crippen LogP contribution in [0.15, 0.2) is 47.4 Å². The molecule has 2 aromatic rings. The van der Waals surface area contributed by atoms with E-state index in [1.54, 1.807) is 25.1 Å². The van der Waals surface area contributed by atoms with Crippen molar-refractivity contribution >= 4 is 40.6 Å². The van der Waals surface area contributed by atoms with E-state index in [2.05, 4.69) is 5.32 Å². The number of anilines is 1. The van der Waals surface area contributed by atoms with Gasteiger partial charge in [0.1, 0.15) is 5.82 Å². The van der Waals surface area contributed by atoms with Crippen molar-refractivity contribution in [1.82, 2.24) is 4.90 Å². The molecule has 0 aromatic heterocycles. The summed E-state index contributed by atoms with van der Waals surface area (Å²) in [6, 6.07) is 10.4. The lowest BCUT2D eigenvalue weighted by molar-refractivity contribution is -0.122. The highest BCUT2D eigenvalue weighted by Crippen LogP contribution is 2.37. The molecule has 0 spiro atoms. The van der Waals surface area contributed by atoms with E-state index in [0.717, 1.165) is 16.7 Å². The number of carbonyl (C=O) groups excluding carboxylic acids is 3. The lowest BCUT2D eigenvalue weighted by atomic mass is 10.1. The molecule has 1 aliphatic rings. The van der Waals surface area contributed by atoms with E-state index in [1.807, 2.05) is 0 Å². The summed E-state index contributed by atoms with van der Waals surface area (Å²) in [7, 11) is 1.45. The molecule has 1 aliphatic heterocycles. The van der Waals surface area contributed by atoms with Crippen LogP contribution in [0.2, 0.25) is 0 Å². The number of amides is 3. The summed E-state index contributed by atoms with van der Waals surface area (Å²) in [5.41, 5.74) is 0.920. The molecular formula is C21H19FN2O5S. The smallest absolute Gasteiger partial charge is 0.293 e. The average molecular weight is 430 g/mol. The molecule has 9 heteroatoms. The van der Waals surface area contributed by atoms with Gasteiger partial charge in [-0.1, -0.05) is 12.1 Å². The predicted molar refractivity (Wildman–Crippen MR) is 112 cm³/mol. The third-order valence-corrected chi connectivity index (χ3v) is 5.09. The van der Waals surface area contributed by atoms with Crippen LogP contribution < -0.4 is 14.8 Å². The minimum Gasteiger partial charge on any atom is -0.493 e. The van der Waals surface area contributed by atoms with Gasteiger partial charge in [-0.3, -0.25) is 19.3 Å². The molecule has 1 fully saturated rings. The van der Waals surface area contributed by atoms with Crippen LogP contribution in [0.25, 0.3) is 6.08 Å². The third-order valence-electron chi connectivity index (χ3n) is 4.18. The number of nitrogens with one attached hydrogen (secondary N) is 1. The SMILES string of the molecule is CCN1C(=O)S/C(=C\c2cccc(OC)c2OCC(=O)Nc2ccc(F)cc2)C1=O. The second-order valence-electron chi connectivity index (χ2n) is 6.15. The molecule has 0 saturated carbocycles. The molecule has 2 aromatic carbocycles. The summed E-state index contributed by atoms with van der Waals surface area (Å²) < 4.78 is 24.0. The molecule has 1 saturated heterocycles. The van der Waals surface area contributed by atoms with Gasteiger partial charge in [-0.2, -0.15) is 0 Å². The van der Waals surface area contributed by atoms with Gasteiger partial charge in [-0.15, -0.1) is 0 Å². The van der Waals surface area contributed by atoms with Crippen molar-refractivity contribution in [3.63, 3.8) is 0 Å². The first-order valence-corrected chi connectivity index (χ1v) is 9.85. The molecule has 7 nitrogen and oxygen atoms in total. The first kappa shape index (κ1) is 21.4. The Labute approximate surface area is 176 Å². The number of ether oxygens (including phenoxy) is 2. The zero-order valence-electron chi connectivity index (χ0n) is 16.3. The Balaban J connectivity index is 1.78. The van der Waals surface area contributed by atoms with Crippen LogP contribution in [0.1, 0.15) is 12.5 Å². The summed E-state index contributed by atoms with van der Waals surface area (Å²) >= 11 is 0.843. The van der Waals surface area contributed by atoms with Crippen molar-refractivity contribution < 1.29 is 28.2 Å². The van der Waals surface area contributed by atoms with Crippen molar-refractivity contribution in [2.24, 2.45) is 0 Å². The van der Waals surface area contributed by atoms with Gasteiger partial charge in [0.05, 0.1) is 12.0 Å². The van der Waals surface area contributed by atoms with Gasteiger partial charge in [-0.25, -0.2) is 4.39 Å². The van der Waals surface area contributed by atoms with E-state index in [4.69, 9.17) is 9.47 Å². The van der Waals surface area contributed by atoms with Gasteiger partial charge < -0.3 is 14.8 Å². The molecule has 1 N–H and O–H groups in total. The third kappa shape index (κ3) is 4.80. The second-order valence-corrected chi connectivity index (χ2v) is 7.14. The minimum atomic E-state index is -0.454. The molecule has 0 aliphatic carbocycles. The molecule has 0 radical (unpaired) electrons. The number of methoxy groups -OCH3 is 1. The van der Waals surface area contributed by atoms with Crippen LogP contribution in [-0.2, 0) is 9.59 Å². The van der Waals surface area contributed by atoms with Crippen LogP contribution in [-0.4, -0.2) is 42.2 Å². The lowest BCUT2D eigenvalue weighted by Crippen LogP contribution is -2.27. The van der Waals surface area contributed by atoms with Crippen LogP contribution in [0, 0.1) is 5.82 Å². The number of rotatable bonds is 7. The number of nitrogens with zero attached hydrogens (tertiary/aromatic N) is 1. The van der Waals surface area contributed by atoms with Crippen molar-refractivity contribution in [3.8, 4) is 11.5 Å². The number of imide groups is 1. The normalized spacial score (nSPS) is 14.9. The molecule has 1 heterocycles. The fourth-order valence-corrected chi connectivity index (χ4v) is 3.64. The average Bonchev–Trinajstić information content (AvgIpc) is 3.00. The Morgan fingerprint density at radius 2 is 1.93 bits per heavy atom. The highest BCUT2D eigenvalue weighted by atomic mass is 32.2. The van der Waals surface area contributed by atoms with E-state index in [-0.39, 0.29) is 35.0 Å². The zero-order valence-corrected chi connectivity index (χ0v) is 17.1. The molecule has 3 rings (SSSR count). The number of carbonyl (C=O) groups is 3. The monoisotopic (exact) mass is 430 g/mol. The largest absolute Gasteiger partial charge is 0.493 e. The molecule has 156 valence electrons. The number of para-hydroxylation sites is 1. The maximum absolute atomic E-state index is 13.0. The van der Waals surface area contributed by atoms with Crippen molar-refractivity contribution in [3.05, 3.63) is 58.8 Å². The predicted octanol–water partition coefficient (Wildman–Crippen LogP) is 3.91. The first-order valence-electron chi connectivity index (χ1n) is 9.03. The van der Waals surface area contributed by atoms with Crippen LogP contribution in [0.3, 0.4) is 0 Å². The Morgan fingerprint density at radius 1 is 1.20 bits per heavy atom. The lowest BCUT2D eigenvalue weighted by Gasteiger charge is -2.14. The summed E-state index contributed by atoms with van der Waals surface area (Å²) in [6.07, 6.45) is 1.54. The van der Waals surface area contributed by atoms with E-state index in [0.29, 0.717) is 17.0 Å². The van der Waals surface area contributed by atoms with E-state index in [9.17, 15) is 18.8 Å². The Kier molecular flexibility index (Phi) is 6.73. The highest BCUT2D eigenvalue weighted by molar-refractivity contribution is 8.18. The van der Waals surface area contributed by atoms with Gasteiger partial charge >= 0.3 is 0 Å². The maximum atomic E-state index is 13.0. The number of benzene rings is 2. The van der Waals surface area contributed by atoms with Crippen molar-refractivity contribution in [2.45, 2.75) is 6.92 Å². The molecule has 30 heavy (non-hydrogen) atoms. The maximum Gasteiger partial charge on any atom is 0.293 e. The standard InChI is InChI=1S/C21H19FN2O5S/c1-3-24-20(26)17(30-21(24)27)11-13-5-4-6-16(28-2)19(13)29-12-18(25)23-15-9-7-14(22)8-10-15/h4-11H,3,12H2,1-2H3,(H,23,25)/b17-11-. The van der Waals surface area contributed by atoms with Crippen molar-refractivity contribution in [1.29, 1.82) is 0 Å². The number of halogens is 1. The highest BCUT2D eigenvalue weighted by Gasteiger charge is 2.34. The molecule has 0 atom stereocenters. The fraction of sp³-hybridized carbons (Fsp3) is 0.190.